The molecule has 0 saturated carbocycles. The van der Waals surface area contributed by atoms with E-state index in [9.17, 15) is 17.6 Å². The molecule has 0 bridgehead atoms. The minimum Gasteiger partial charge on any atom is -0.484 e. The summed E-state index contributed by atoms with van der Waals surface area (Å²) >= 11 is 4.27. The van der Waals surface area contributed by atoms with Crippen molar-refractivity contribution in [1.82, 2.24) is 0 Å². The van der Waals surface area contributed by atoms with Crippen molar-refractivity contribution in [2.75, 3.05) is 6.61 Å². The minimum atomic E-state index is -4.56. The van der Waals surface area contributed by atoms with Crippen LogP contribution in [0.2, 0.25) is 0 Å². The Balaban J connectivity index is 0.00000117. The van der Waals surface area contributed by atoms with Crippen molar-refractivity contribution >= 4 is 24.0 Å². The first-order valence-electron chi connectivity index (χ1n) is 7.84. The Morgan fingerprint density at radius 3 is 2.54 bits per heavy atom. The van der Waals surface area contributed by atoms with Crippen molar-refractivity contribution in [2.45, 2.75) is 31.3 Å². The van der Waals surface area contributed by atoms with Crippen molar-refractivity contribution in [3.05, 3.63) is 48.0 Å². The normalized spacial score (nSPS) is 13.2. The lowest BCUT2D eigenvalue weighted by atomic mass is 10.1. The van der Waals surface area contributed by atoms with Gasteiger partial charge in [-0.1, -0.05) is 32.0 Å². The van der Waals surface area contributed by atoms with E-state index in [-0.39, 0.29) is 12.4 Å². The van der Waals surface area contributed by atoms with Crippen LogP contribution in [0.4, 0.5) is 23.2 Å². The molecule has 1 aliphatic heterocycles. The summed E-state index contributed by atoms with van der Waals surface area (Å²) in [7, 11) is 0. The van der Waals surface area contributed by atoms with Gasteiger partial charge in [-0.25, -0.2) is 4.99 Å². The SMILES string of the molecule is CC.FC(F)C(F)(F)Oc1cccc(C2=Nc3cccc(S)c3OC2)c1. The van der Waals surface area contributed by atoms with Crippen LogP contribution >= 0.6 is 12.6 Å². The Hall–Kier alpha value is -2.22. The van der Waals surface area contributed by atoms with Crippen LogP contribution in [-0.4, -0.2) is 24.9 Å². The van der Waals surface area contributed by atoms with E-state index >= 15 is 0 Å². The van der Waals surface area contributed by atoms with Gasteiger partial charge in [0.25, 0.3) is 0 Å². The zero-order chi connectivity index (χ0) is 19.3. The number of ether oxygens (including phenoxy) is 2. The Morgan fingerprint density at radius 2 is 1.85 bits per heavy atom. The third-order valence-corrected chi connectivity index (χ3v) is 3.61. The molecule has 3 nitrogen and oxygen atoms in total. The van der Waals surface area contributed by atoms with Crippen LogP contribution < -0.4 is 9.47 Å². The van der Waals surface area contributed by atoms with Crippen LogP contribution in [0.15, 0.2) is 52.4 Å². The number of alkyl halides is 4. The van der Waals surface area contributed by atoms with E-state index in [2.05, 4.69) is 22.4 Å². The van der Waals surface area contributed by atoms with Crippen molar-refractivity contribution in [3.8, 4) is 11.5 Å². The van der Waals surface area contributed by atoms with Gasteiger partial charge in [-0.2, -0.15) is 17.6 Å². The fourth-order valence-corrected chi connectivity index (χ4v) is 2.42. The van der Waals surface area contributed by atoms with Crippen molar-refractivity contribution < 1.29 is 27.0 Å². The summed E-state index contributed by atoms with van der Waals surface area (Å²) < 4.78 is 60.2. The molecule has 0 radical (unpaired) electrons. The molecule has 0 amide bonds. The van der Waals surface area contributed by atoms with Crippen LogP contribution in [0.25, 0.3) is 0 Å². The first-order chi connectivity index (χ1) is 12.4. The predicted octanol–water partition coefficient (Wildman–Crippen LogP) is 5.75. The van der Waals surface area contributed by atoms with Gasteiger partial charge in [0.1, 0.15) is 18.0 Å². The third kappa shape index (κ3) is 4.49. The third-order valence-electron chi connectivity index (χ3n) is 3.26. The fourth-order valence-electron chi connectivity index (χ4n) is 2.16. The molecule has 2 aromatic carbocycles. The maximum Gasteiger partial charge on any atom is 0.461 e. The lowest BCUT2D eigenvalue weighted by Crippen LogP contribution is -2.33. The van der Waals surface area contributed by atoms with Gasteiger partial charge in [-0.3, -0.25) is 0 Å². The molecule has 3 rings (SSSR count). The molecule has 0 unspecified atom stereocenters. The molecule has 2 aromatic rings. The van der Waals surface area contributed by atoms with Crippen molar-refractivity contribution in [1.29, 1.82) is 0 Å². The van der Waals surface area contributed by atoms with Gasteiger partial charge >= 0.3 is 12.5 Å². The number of benzene rings is 2. The highest BCUT2D eigenvalue weighted by molar-refractivity contribution is 7.80. The summed E-state index contributed by atoms with van der Waals surface area (Å²) in [5.41, 5.74) is 1.45. The fraction of sp³-hybridized carbons (Fsp3) is 0.278. The number of hydrogen-bond donors (Lipinski definition) is 1. The van der Waals surface area contributed by atoms with Crippen LogP contribution in [0.3, 0.4) is 0 Å². The van der Waals surface area contributed by atoms with E-state index in [0.717, 1.165) is 0 Å². The molecule has 0 atom stereocenters. The highest BCUT2D eigenvalue weighted by Crippen LogP contribution is 2.37. The van der Waals surface area contributed by atoms with Gasteiger partial charge in [0.05, 0.1) is 5.71 Å². The van der Waals surface area contributed by atoms with Crippen LogP contribution in [-0.2, 0) is 0 Å². The second-order valence-electron chi connectivity index (χ2n) is 4.96. The van der Waals surface area contributed by atoms with E-state index < -0.39 is 12.5 Å². The molecule has 1 aliphatic rings. The monoisotopic (exact) mass is 387 g/mol. The molecule has 140 valence electrons. The van der Waals surface area contributed by atoms with Crippen LogP contribution in [0.5, 0.6) is 11.5 Å². The van der Waals surface area contributed by atoms with Crippen molar-refractivity contribution in [3.63, 3.8) is 0 Å². The number of hydrogen-bond acceptors (Lipinski definition) is 4. The summed E-state index contributed by atoms with van der Waals surface area (Å²) in [6, 6.07) is 10.6. The Kier molecular flexibility index (Phi) is 6.52. The molecule has 0 saturated heterocycles. The summed E-state index contributed by atoms with van der Waals surface area (Å²) in [6.45, 7) is 4.10. The maximum absolute atomic E-state index is 13.0. The zero-order valence-corrected chi connectivity index (χ0v) is 14.9. The van der Waals surface area contributed by atoms with Crippen LogP contribution in [0.1, 0.15) is 19.4 Å². The Labute approximate surface area is 154 Å². The molecule has 0 fully saturated rings. The van der Waals surface area contributed by atoms with E-state index in [1.54, 1.807) is 24.3 Å². The number of halogens is 4. The molecule has 8 heteroatoms. The van der Waals surface area contributed by atoms with E-state index in [1.807, 2.05) is 13.8 Å². The number of fused-ring (bicyclic) bond motifs is 1. The topological polar surface area (TPSA) is 30.8 Å². The first-order valence-corrected chi connectivity index (χ1v) is 8.29. The average Bonchev–Trinajstić information content (AvgIpc) is 2.63. The molecule has 0 aliphatic carbocycles. The minimum absolute atomic E-state index is 0.0965. The Bertz CT molecular complexity index is 797. The largest absolute Gasteiger partial charge is 0.484 e. The Morgan fingerprint density at radius 1 is 1.15 bits per heavy atom. The van der Waals surface area contributed by atoms with Gasteiger partial charge in [0, 0.05) is 10.5 Å². The smallest absolute Gasteiger partial charge is 0.461 e. The molecular weight excluding hydrogens is 370 g/mol. The molecule has 0 N–H and O–H groups in total. The van der Waals surface area contributed by atoms with Gasteiger partial charge in [0.15, 0.2) is 5.75 Å². The van der Waals surface area contributed by atoms with E-state index in [1.165, 1.54) is 18.2 Å². The van der Waals surface area contributed by atoms with Crippen LogP contribution in [0, 0.1) is 0 Å². The van der Waals surface area contributed by atoms with Crippen molar-refractivity contribution in [2.24, 2.45) is 4.99 Å². The number of nitrogens with zero attached hydrogens (tertiary/aromatic N) is 1. The molecule has 0 spiro atoms. The number of aliphatic imine (C=N–C) groups is 1. The van der Waals surface area contributed by atoms with Gasteiger partial charge < -0.3 is 9.47 Å². The number of rotatable bonds is 4. The van der Waals surface area contributed by atoms with Gasteiger partial charge in [0.2, 0.25) is 0 Å². The molecule has 26 heavy (non-hydrogen) atoms. The highest BCUT2D eigenvalue weighted by atomic mass is 32.1. The number of para-hydroxylation sites is 1. The maximum atomic E-state index is 13.0. The lowest BCUT2D eigenvalue weighted by molar-refractivity contribution is -0.253. The first kappa shape index (κ1) is 20.1. The highest BCUT2D eigenvalue weighted by Gasteiger charge is 2.44. The number of thiol groups is 1. The summed E-state index contributed by atoms with van der Waals surface area (Å²) in [5, 5.41) is 0. The predicted molar refractivity (Wildman–Crippen MR) is 94.8 cm³/mol. The van der Waals surface area contributed by atoms with E-state index in [0.29, 0.717) is 27.6 Å². The zero-order valence-electron chi connectivity index (χ0n) is 14.0. The molecule has 1 heterocycles. The van der Waals surface area contributed by atoms with Gasteiger partial charge in [-0.15, -0.1) is 12.6 Å². The summed E-state index contributed by atoms with van der Waals surface area (Å²) in [4.78, 5) is 5.03. The summed E-state index contributed by atoms with van der Waals surface area (Å²) in [6.07, 6.45) is -8.48. The quantitative estimate of drug-likeness (QED) is 0.535. The second-order valence-corrected chi connectivity index (χ2v) is 5.45. The summed E-state index contributed by atoms with van der Waals surface area (Å²) in [5.74, 6) is 0.149. The lowest BCUT2D eigenvalue weighted by Gasteiger charge is -2.20. The molecule has 0 aromatic heterocycles. The van der Waals surface area contributed by atoms with Gasteiger partial charge in [-0.05, 0) is 24.3 Å². The molecular formula is C18H17F4NO2S. The average molecular weight is 387 g/mol. The standard InChI is InChI=1S/C16H11F4NO2S.C2H6/c17-15(18)16(19,20)23-10-4-1-3-9(7-10)12-8-22-14-11(21-12)5-2-6-13(14)24;1-2/h1-7,15,24H,8H2;1-2H3. The van der Waals surface area contributed by atoms with E-state index in [4.69, 9.17) is 4.74 Å². The second kappa shape index (κ2) is 8.44.